The van der Waals surface area contributed by atoms with Crippen molar-refractivity contribution in [1.29, 1.82) is 0 Å². The van der Waals surface area contributed by atoms with Gasteiger partial charge >= 0.3 is 0 Å². The van der Waals surface area contributed by atoms with E-state index in [4.69, 9.17) is 0 Å². The van der Waals surface area contributed by atoms with E-state index in [2.05, 4.69) is 37.1 Å². The van der Waals surface area contributed by atoms with E-state index in [9.17, 15) is 9.59 Å². The molecule has 0 saturated carbocycles. The van der Waals surface area contributed by atoms with Gasteiger partial charge in [-0.05, 0) is 42.0 Å². The molecule has 0 bridgehead atoms. The predicted molar refractivity (Wildman–Crippen MR) is 107 cm³/mol. The Balaban J connectivity index is 1.61. The fourth-order valence-corrected chi connectivity index (χ4v) is 3.50. The summed E-state index contributed by atoms with van der Waals surface area (Å²) in [5.74, 6) is -0.0452. The van der Waals surface area contributed by atoms with E-state index >= 15 is 0 Å². The predicted octanol–water partition coefficient (Wildman–Crippen LogP) is 3.87. The molecule has 1 N–H and O–H groups in total. The third-order valence-corrected chi connectivity index (χ3v) is 5.05. The molecule has 1 aromatic heterocycles. The summed E-state index contributed by atoms with van der Waals surface area (Å²) in [4.78, 5) is 31.1. The maximum Gasteiger partial charge on any atom is 0.255 e. The van der Waals surface area contributed by atoms with Crippen molar-refractivity contribution in [3.63, 3.8) is 0 Å². The number of anilines is 1. The lowest BCUT2D eigenvalue weighted by molar-refractivity contribution is -0.121. The van der Waals surface area contributed by atoms with Gasteiger partial charge in [0.05, 0.1) is 5.56 Å². The molecule has 0 unspecified atom stereocenters. The smallest absolute Gasteiger partial charge is 0.255 e. The van der Waals surface area contributed by atoms with E-state index < -0.39 is 0 Å². The maximum absolute atomic E-state index is 12.8. The average molecular weight is 365 g/mol. The van der Waals surface area contributed by atoms with Crippen LogP contribution in [0.15, 0.2) is 48.8 Å². The van der Waals surface area contributed by atoms with Gasteiger partial charge in [0.25, 0.3) is 5.91 Å². The Labute approximate surface area is 160 Å². The lowest BCUT2D eigenvalue weighted by atomic mass is 9.85. The van der Waals surface area contributed by atoms with E-state index in [1.807, 2.05) is 23.1 Å². The SMILES string of the molecule is CC(C)(C)c1ccccc1NC(=O)C1CCN(C(=O)c2cccnc2)CC1. The minimum atomic E-state index is -0.0732. The van der Waals surface area contributed by atoms with Crippen LogP contribution in [0.2, 0.25) is 0 Å². The van der Waals surface area contributed by atoms with Gasteiger partial charge < -0.3 is 10.2 Å². The lowest BCUT2D eigenvalue weighted by Gasteiger charge is -2.32. The number of pyridine rings is 1. The number of benzene rings is 1. The highest BCUT2D eigenvalue weighted by Crippen LogP contribution is 2.30. The number of carbonyl (C=O) groups is 2. The number of nitrogens with one attached hydrogen (secondary N) is 1. The fourth-order valence-electron chi connectivity index (χ4n) is 3.50. The summed E-state index contributed by atoms with van der Waals surface area (Å²) in [6.45, 7) is 7.60. The van der Waals surface area contributed by atoms with E-state index in [1.54, 1.807) is 24.5 Å². The Hall–Kier alpha value is -2.69. The van der Waals surface area contributed by atoms with Gasteiger partial charge in [-0.2, -0.15) is 0 Å². The number of piperidine rings is 1. The summed E-state index contributed by atoms with van der Waals surface area (Å²) in [5, 5.41) is 3.11. The summed E-state index contributed by atoms with van der Waals surface area (Å²) in [6.07, 6.45) is 4.60. The number of nitrogens with zero attached hydrogens (tertiary/aromatic N) is 2. The zero-order chi connectivity index (χ0) is 19.4. The van der Waals surface area contributed by atoms with Gasteiger partial charge in [0.2, 0.25) is 5.91 Å². The van der Waals surface area contributed by atoms with E-state index in [0.717, 1.165) is 11.3 Å². The van der Waals surface area contributed by atoms with Gasteiger partial charge in [0.1, 0.15) is 0 Å². The number of hydrogen-bond donors (Lipinski definition) is 1. The van der Waals surface area contributed by atoms with Crippen LogP contribution in [0.25, 0.3) is 0 Å². The molecule has 0 aliphatic carbocycles. The largest absolute Gasteiger partial charge is 0.339 e. The van der Waals surface area contributed by atoms with Crippen LogP contribution < -0.4 is 5.32 Å². The van der Waals surface area contributed by atoms with Crippen molar-refractivity contribution in [2.45, 2.75) is 39.0 Å². The summed E-state index contributed by atoms with van der Waals surface area (Å²) in [7, 11) is 0. The van der Waals surface area contributed by atoms with Crippen molar-refractivity contribution >= 4 is 17.5 Å². The highest BCUT2D eigenvalue weighted by atomic mass is 16.2. The molecule has 2 aromatic rings. The first-order valence-electron chi connectivity index (χ1n) is 9.46. The van der Waals surface area contributed by atoms with Gasteiger partial charge in [0, 0.05) is 37.1 Å². The van der Waals surface area contributed by atoms with Crippen LogP contribution in [0.1, 0.15) is 49.5 Å². The van der Waals surface area contributed by atoms with Crippen LogP contribution in [0.3, 0.4) is 0 Å². The van der Waals surface area contributed by atoms with Gasteiger partial charge in [-0.25, -0.2) is 0 Å². The van der Waals surface area contributed by atoms with E-state index in [0.29, 0.717) is 31.5 Å². The van der Waals surface area contributed by atoms with Crippen molar-refractivity contribution in [2.75, 3.05) is 18.4 Å². The molecule has 142 valence electrons. The highest BCUT2D eigenvalue weighted by Gasteiger charge is 2.29. The summed E-state index contributed by atoms with van der Waals surface area (Å²) >= 11 is 0. The zero-order valence-electron chi connectivity index (χ0n) is 16.2. The van der Waals surface area contributed by atoms with Crippen molar-refractivity contribution in [2.24, 2.45) is 5.92 Å². The van der Waals surface area contributed by atoms with E-state index in [1.165, 1.54) is 0 Å². The van der Waals surface area contributed by atoms with Crippen LogP contribution in [0, 0.1) is 5.92 Å². The Morgan fingerprint density at radius 2 is 1.78 bits per heavy atom. The van der Waals surface area contributed by atoms with Crippen molar-refractivity contribution < 1.29 is 9.59 Å². The summed E-state index contributed by atoms with van der Waals surface area (Å²) < 4.78 is 0. The van der Waals surface area contributed by atoms with Crippen LogP contribution >= 0.6 is 0 Å². The normalized spacial score (nSPS) is 15.4. The minimum Gasteiger partial charge on any atom is -0.339 e. The fraction of sp³-hybridized carbons (Fsp3) is 0.409. The zero-order valence-corrected chi connectivity index (χ0v) is 16.2. The molecule has 1 aromatic carbocycles. The number of carbonyl (C=O) groups excluding carboxylic acids is 2. The molecule has 2 heterocycles. The number of hydrogen-bond acceptors (Lipinski definition) is 3. The molecule has 5 nitrogen and oxygen atoms in total. The molecule has 0 radical (unpaired) electrons. The molecule has 2 amide bonds. The molecule has 1 saturated heterocycles. The van der Waals surface area contributed by atoms with Gasteiger partial charge in [-0.15, -0.1) is 0 Å². The number of para-hydroxylation sites is 1. The maximum atomic E-state index is 12.8. The first-order chi connectivity index (χ1) is 12.9. The van der Waals surface area contributed by atoms with Crippen molar-refractivity contribution in [3.8, 4) is 0 Å². The highest BCUT2D eigenvalue weighted by molar-refractivity contribution is 5.95. The standard InChI is InChI=1S/C22H27N3O2/c1-22(2,3)18-8-4-5-9-19(18)24-20(26)16-10-13-25(14-11-16)21(27)17-7-6-12-23-15-17/h4-9,12,15-16H,10-11,13-14H2,1-3H3,(H,24,26). The third kappa shape index (κ3) is 4.54. The molecule has 5 heteroatoms. The molecule has 1 fully saturated rings. The van der Waals surface area contributed by atoms with Gasteiger partial charge in [-0.3, -0.25) is 14.6 Å². The Kier molecular flexibility index (Phi) is 5.59. The first kappa shape index (κ1) is 19.1. The summed E-state index contributed by atoms with van der Waals surface area (Å²) in [6, 6.07) is 11.5. The van der Waals surface area contributed by atoms with Gasteiger partial charge in [-0.1, -0.05) is 39.0 Å². The number of likely N-dealkylation sites (tertiary alicyclic amines) is 1. The Morgan fingerprint density at radius 1 is 1.07 bits per heavy atom. The monoisotopic (exact) mass is 365 g/mol. The van der Waals surface area contributed by atoms with Gasteiger partial charge in [0.15, 0.2) is 0 Å². The second-order valence-corrected chi connectivity index (χ2v) is 8.09. The van der Waals surface area contributed by atoms with Crippen LogP contribution in [-0.2, 0) is 10.2 Å². The van der Waals surface area contributed by atoms with Crippen molar-refractivity contribution in [1.82, 2.24) is 9.88 Å². The number of aromatic nitrogens is 1. The molecule has 1 aliphatic heterocycles. The Morgan fingerprint density at radius 3 is 2.41 bits per heavy atom. The minimum absolute atomic E-state index is 0.0139. The molecule has 1 aliphatic rings. The molecular formula is C22H27N3O2. The molecule has 0 atom stereocenters. The Bertz CT molecular complexity index is 804. The molecule has 27 heavy (non-hydrogen) atoms. The second-order valence-electron chi connectivity index (χ2n) is 8.09. The lowest BCUT2D eigenvalue weighted by Crippen LogP contribution is -2.41. The van der Waals surface area contributed by atoms with Crippen molar-refractivity contribution in [3.05, 3.63) is 59.9 Å². The topological polar surface area (TPSA) is 62.3 Å². The average Bonchev–Trinajstić information content (AvgIpc) is 2.68. The summed E-state index contributed by atoms with van der Waals surface area (Å²) in [5.41, 5.74) is 2.56. The molecular weight excluding hydrogens is 338 g/mol. The molecule has 3 rings (SSSR count). The molecule has 0 spiro atoms. The van der Waals surface area contributed by atoms with Crippen LogP contribution in [0.5, 0.6) is 0 Å². The van der Waals surface area contributed by atoms with Crippen LogP contribution in [-0.4, -0.2) is 34.8 Å². The second kappa shape index (κ2) is 7.91. The number of rotatable bonds is 3. The third-order valence-electron chi connectivity index (χ3n) is 5.05. The number of amides is 2. The van der Waals surface area contributed by atoms with Crippen LogP contribution in [0.4, 0.5) is 5.69 Å². The van der Waals surface area contributed by atoms with E-state index in [-0.39, 0.29) is 23.1 Å². The quantitative estimate of drug-likeness (QED) is 0.898. The first-order valence-corrected chi connectivity index (χ1v) is 9.46.